The fourth-order valence-electron chi connectivity index (χ4n) is 2.65. The van der Waals surface area contributed by atoms with Crippen LogP contribution < -0.4 is 0 Å². The Balaban J connectivity index is 1.92. The number of alkyl halides is 1. The summed E-state index contributed by atoms with van der Waals surface area (Å²) >= 11 is 5.59. The molecule has 104 valence electrons. The number of amides is 1. The van der Waals surface area contributed by atoms with Crippen molar-refractivity contribution in [3.05, 3.63) is 35.9 Å². The molecule has 0 spiro atoms. The number of carbonyl (C=O) groups is 1. The van der Waals surface area contributed by atoms with Gasteiger partial charge < -0.3 is 4.90 Å². The minimum Gasteiger partial charge on any atom is -0.343 e. The monoisotopic (exact) mass is 280 g/mol. The van der Waals surface area contributed by atoms with E-state index >= 15 is 0 Å². The van der Waals surface area contributed by atoms with Crippen LogP contribution in [-0.2, 0) is 11.3 Å². The molecule has 1 aliphatic rings. The van der Waals surface area contributed by atoms with Gasteiger partial charge in [-0.05, 0) is 24.9 Å². The Hall–Kier alpha value is -1.06. The lowest BCUT2D eigenvalue weighted by Gasteiger charge is -2.28. The maximum atomic E-state index is 11.5. The van der Waals surface area contributed by atoms with Crippen LogP contribution in [0.25, 0.3) is 0 Å². The Morgan fingerprint density at radius 3 is 2.84 bits per heavy atom. The largest absolute Gasteiger partial charge is 0.343 e. The average Bonchev–Trinajstić information content (AvgIpc) is 2.86. The number of likely N-dealkylation sites (N-methyl/N-ethyl adjacent to an activating group) is 1. The second-order valence-electron chi connectivity index (χ2n) is 5.16. The first-order valence-corrected chi connectivity index (χ1v) is 7.32. The minimum atomic E-state index is 0.00762. The highest BCUT2D eigenvalue weighted by Gasteiger charge is 2.26. The van der Waals surface area contributed by atoms with Crippen molar-refractivity contribution in [2.24, 2.45) is 0 Å². The Kier molecular flexibility index (Phi) is 5.23. The summed E-state index contributed by atoms with van der Waals surface area (Å²) in [6.45, 7) is 2.86. The molecule has 19 heavy (non-hydrogen) atoms. The van der Waals surface area contributed by atoms with Gasteiger partial charge in [-0.3, -0.25) is 9.69 Å². The standard InChI is InChI=1S/C15H21ClN2O/c1-17(15(19)10-16)12-14-8-5-9-18(14)11-13-6-3-2-4-7-13/h2-4,6-7,14H,5,8-12H2,1H3/t14-/m1/s1. The Bertz CT molecular complexity index is 410. The maximum Gasteiger partial charge on any atom is 0.237 e. The molecule has 0 aliphatic carbocycles. The molecule has 3 nitrogen and oxygen atoms in total. The van der Waals surface area contributed by atoms with Crippen LogP contribution >= 0.6 is 11.6 Å². The van der Waals surface area contributed by atoms with E-state index in [9.17, 15) is 4.79 Å². The summed E-state index contributed by atoms with van der Waals surface area (Å²) in [4.78, 5) is 15.8. The lowest BCUT2D eigenvalue weighted by molar-refractivity contribution is -0.127. The third-order valence-corrected chi connectivity index (χ3v) is 3.98. The molecule has 0 saturated carbocycles. The number of halogens is 1. The number of hydrogen-bond acceptors (Lipinski definition) is 2. The van der Waals surface area contributed by atoms with E-state index in [-0.39, 0.29) is 11.8 Å². The highest BCUT2D eigenvalue weighted by atomic mass is 35.5. The summed E-state index contributed by atoms with van der Waals surface area (Å²) < 4.78 is 0. The molecular weight excluding hydrogens is 260 g/mol. The molecule has 4 heteroatoms. The third-order valence-electron chi connectivity index (χ3n) is 3.75. The number of nitrogens with zero attached hydrogens (tertiary/aromatic N) is 2. The van der Waals surface area contributed by atoms with Gasteiger partial charge in [-0.15, -0.1) is 11.6 Å². The van der Waals surface area contributed by atoms with Crippen molar-refractivity contribution < 1.29 is 4.79 Å². The average molecular weight is 281 g/mol. The van der Waals surface area contributed by atoms with Gasteiger partial charge in [0.25, 0.3) is 0 Å². The van der Waals surface area contributed by atoms with Gasteiger partial charge >= 0.3 is 0 Å². The van der Waals surface area contributed by atoms with E-state index in [4.69, 9.17) is 11.6 Å². The smallest absolute Gasteiger partial charge is 0.237 e. The number of carbonyl (C=O) groups excluding carboxylic acids is 1. The van der Waals surface area contributed by atoms with Crippen LogP contribution in [0.1, 0.15) is 18.4 Å². The van der Waals surface area contributed by atoms with Gasteiger partial charge in [-0.1, -0.05) is 30.3 Å². The number of rotatable bonds is 5. The van der Waals surface area contributed by atoms with Gasteiger partial charge in [0.1, 0.15) is 5.88 Å². The van der Waals surface area contributed by atoms with E-state index in [2.05, 4.69) is 29.2 Å². The zero-order valence-electron chi connectivity index (χ0n) is 11.4. The highest BCUT2D eigenvalue weighted by molar-refractivity contribution is 6.27. The van der Waals surface area contributed by atoms with Crippen molar-refractivity contribution in [3.63, 3.8) is 0 Å². The van der Waals surface area contributed by atoms with E-state index in [1.54, 1.807) is 4.90 Å². The normalized spacial score (nSPS) is 19.6. The van der Waals surface area contributed by atoms with Gasteiger partial charge in [0, 0.05) is 26.2 Å². The first kappa shape index (κ1) is 14.4. The molecule has 1 fully saturated rings. The first-order chi connectivity index (χ1) is 9.20. The quantitative estimate of drug-likeness (QED) is 0.773. The second kappa shape index (κ2) is 6.92. The molecule has 0 radical (unpaired) electrons. The molecule has 1 heterocycles. The van der Waals surface area contributed by atoms with E-state index in [0.717, 1.165) is 26.1 Å². The molecule has 1 aromatic carbocycles. The molecule has 0 bridgehead atoms. The van der Waals surface area contributed by atoms with Crippen LogP contribution in [0.5, 0.6) is 0 Å². The van der Waals surface area contributed by atoms with Gasteiger partial charge in [-0.25, -0.2) is 0 Å². The maximum absolute atomic E-state index is 11.5. The molecule has 2 rings (SSSR count). The predicted molar refractivity (Wildman–Crippen MR) is 78.2 cm³/mol. The molecule has 1 saturated heterocycles. The van der Waals surface area contributed by atoms with Gasteiger partial charge in [0.15, 0.2) is 0 Å². The van der Waals surface area contributed by atoms with Gasteiger partial charge in [-0.2, -0.15) is 0 Å². The zero-order chi connectivity index (χ0) is 13.7. The molecule has 1 aromatic rings. The number of benzene rings is 1. The molecule has 0 aromatic heterocycles. The lowest BCUT2D eigenvalue weighted by Crippen LogP contribution is -2.41. The van der Waals surface area contributed by atoms with Crippen molar-refractivity contribution in [1.82, 2.24) is 9.80 Å². The van der Waals surface area contributed by atoms with E-state index < -0.39 is 0 Å². The minimum absolute atomic E-state index is 0.00762. The summed E-state index contributed by atoms with van der Waals surface area (Å²) in [7, 11) is 1.84. The summed E-state index contributed by atoms with van der Waals surface area (Å²) in [6.07, 6.45) is 2.37. The van der Waals surface area contributed by atoms with Crippen molar-refractivity contribution in [2.75, 3.05) is 26.0 Å². The van der Waals surface area contributed by atoms with Gasteiger partial charge in [0.05, 0.1) is 0 Å². The van der Waals surface area contributed by atoms with E-state index in [1.807, 2.05) is 13.1 Å². The summed E-state index contributed by atoms with van der Waals surface area (Å²) in [5, 5.41) is 0. The van der Waals surface area contributed by atoms with Crippen LogP contribution in [0.15, 0.2) is 30.3 Å². The summed E-state index contributed by atoms with van der Waals surface area (Å²) in [6, 6.07) is 11.0. The Labute approximate surface area is 120 Å². The van der Waals surface area contributed by atoms with Crippen LogP contribution in [0.2, 0.25) is 0 Å². The van der Waals surface area contributed by atoms with Crippen molar-refractivity contribution in [2.45, 2.75) is 25.4 Å². The summed E-state index contributed by atoms with van der Waals surface area (Å²) in [5.74, 6) is 0.0790. The van der Waals surface area contributed by atoms with Crippen molar-refractivity contribution >= 4 is 17.5 Å². The SMILES string of the molecule is CN(C[C@H]1CCCN1Cc1ccccc1)C(=O)CCl. The fraction of sp³-hybridized carbons (Fsp3) is 0.533. The van der Waals surface area contributed by atoms with Crippen LogP contribution in [-0.4, -0.2) is 47.8 Å². The first-order valence-electron chi connectivity index (χ1n) is 6.78. The zero-order valence-corrected chi connectivity index (χ0v) is 12.1. The predicted octanol–water partition coefficient (Wildman–Crippen LogP) is 2.35. The van der Waals surface area contributed by atoms with Crippen LogP contribution in [0.4, 0.5) is 0 Å². The highest BCUT2D eigenvalue weighted by Crippen LogP contribution is 2.20. The molecular formula is C15H21ClN2O. The van der Waals surface area contributed by atoms with Crippen molar-refractivity contribution in [1.29, 1.82) is 0 Å². The molecule has 1 aliphatic heterocycles. The molecule has 0 N–H and O–H groups in total. The van der Waals surface area contributed by atoms with Crippen LogP contribution in [0.3, 0.4) is 0 Å². The second-order valence-corrected chi connectivity index (χ2v) is 5.43. The van der Waals surface area contributed by atoms with Crippen LogP contribution in [0, 0.1) is 0 Å². The Morgan fingerprint density at radius 1 is 1.42 bits per heavy atom. The summed E-state index contributed by atoms with van der Waals surface area (Å²) in [5.41, 5.74) is 1.33. The Morgan fingerprint density at radius 2 is 2.16 bits per heavy atom. The van der Waals surface area contributed by atoms with E-state index in [0.29, 0.717) is 6.04 Å². The fourth-order valence-corrected chi connectivity index (χ4v) is 2.85. The molecule has 1 atom stereocenters. The molecule has 1 amide bonds. The number of likely N-dealkylation sites (tertiary alicyclic amines) is 1. The molecule has 0 unspecified atom stereocenters. The lowest BCUT2D eigenvalue weighted by atomic mass is 10.1. The third kappa shape index (κ3) is 3.95. The topological polar surface area (TPSA) is 23.6 Å². The van der Waals surface area contributed by atoms with E-state index in [1.165, 1.54) is 12.0 Å². The number of hydrogen-bond donors (Lipinski definition) is 0. The van der Waals surface area contributed by atoms with Crippen molar-refractivity contribution in [3.8, 4) is 0 Å². The van der Waals surface area contributed by atoms with Gasteiger partial charge in [0.2, 0.25) is 5.91 Å².